The monoisotopic (exact) mass is 610 g/mol. The Morgan fingerprint density at radius 3 is 1.77 bits per heavy atom. The highest BCUT2D eigenvalue weighted by atomic mass is 15.0. The minimum absolute atomic E-state index is 0.644. The number of benzene rings is 7. The lowest BCUT2D eigenvalue weighted by Crippen LogP contribution is -1.96. The molecule has 222 valence electrons. The van der Waals surface area contributed by atoms with E-state index in [0.29, 0.717) is 11.1 Å². The average molecular weight is 611 g/mol. The van der Waals surface area contributed by atoms with Crippen LogP contribution in [0, 0.1) is 22.7 Å². The molecule has 0 saturated heterocycles. The van der Waals surface area contributed by atoms with Gasteiger partial charge in [-0.15, -0.1) is 0 Å². The van der Waals surface area contributed by atoms with Crippen LogP contribution in [0.4, 0.5) is 0 Å². The average Bonchev–Trinajstić information content (AvgIpc) is 3.67. The van der Waals surface area contributed by atoms with Gasteiger partial charge in [0.1, 0.15) is 0 Å². The Bertz CT molecular complexity index is 2790. The van der Waals surface area contributed by atoms with Gasteiger partial charge in [0.15, 0.2) is 0 Å². The van der Waals surface area contributed by atoms with E-state index >= 15 is 0 Å². The van der Waals surface area contributed by atoms with Crippen LogP contribution in [-0.2, 0) is 0 Å². The summed E-state index contributed by atoms with van der Waals surface area (Å²) in [6.07, 6.45) is 0. The van der Waals surface area contributed by atoms with Crippen LogP contribution in [0.2, 0.25) is 0 Å². The Balaban J connectivity index is 1.30. The van der Waals surface area contributed by atoms with E-state index < -0.39 is 0 Å². The van der Waals surface area contributed by atoms with Gasteiger partial charge >= 0.3 is 0 Å². The van der Waals surface area contributed by atoms with Gasteiger partial charge in [-0.05, 0) is 89.5 Å². The second-order valence-electron chi connectivity index (χ2n) is 12.0. The number of fused-ring (bicyclic) bond motifs is 6. The van der Waals surface area contributed by atoms with Crippen molar-refractivity contribution < 1.29 is 0 Å². The van der Waals surface area contributed by atoms with Crippen LogP contribution < -0.4 is 0 Å². The molecule has 0 radical (unpaired) electrons. The van der Waals surface area contributed by atoms with Gasteiger partial charge in [-0.2, -0.15) is 10.5 Å². The first kappa shape index (κ1) is 27.4. The quantitative estimate of drug-likeness (QED) is 0.199. The van der Waals surface area contributed by atoms with Crippen LogP contribution in [0.1, 0.15) is 11.1 Å². The normalized spacial score (nSPS) is 11.3. The first-order valence-electron chi connectivity index (χ1n) is 15.9. The molecule has 7 aromatic carbocycles. The standard InChI is InChI=1S/C44H26N4/c45-27-29-17-21-33(22-18-29)47-41-16-7-6-13-36(41)40-26-31(20-24-42(40)47)34-11-4-5-12-35(34)37-14-8-15-38-39-25-30(28-46)19-23-43(39)48(44(37)38)32-9-2-1-3-10-32/h1-26H. The second-order valence-corrected chi connectivity index (χ2v) is 12.0. The summed E-state index contributed by atoms with van der Waals surface area (Å²) in [6.45, 7) is 0. The molecule has 0 saturated carbocycles. The summed E-state index contributed by atoms with van der Waals surface area (Å²) in [7, 11) is 0. The van der Waals surface area contributed by atoms with Crippen LogP contribution >= 0.6 is 0 Å². The van der Waals surface area contributed by atoms with Crippen molar-refractivity contribution in [1.82, 2.24) is 9.13 Å². The molecule has 0 unspecified atom stereocenters. The maximum atomic E-state index is 9.75. The van der Waals surface area contributed by atoms with E-state index in [-0.39, 0.29) is 0 Å². The lowest BCUT2D eigenvalue weighted by molar-refractivity contribution is 1.18. The van der Waals surface area contributed by atoms with Crippen molar-refractivity contribution in [2.75, 3.05) is 0 Å². The minimum Gasteiger partial charge on any atom is -0.309 e. The SMILES string of the molecule is N#Cc1ccc(-n2c3ccccc3c3cc(-c4ccccc4-c4cccc5c6cc(C#N)ccc6n(-c6ccccc6)c45)ccc32)cc1. The molecule has 0 atom stereocenters. The summed E-state index contributed by atoms with van der Waals surface area (Å²) in [4.78, 5) is 0. The van der Waals surface area contributed by atoms with Crippen LogP contribution in [0.5, 0.6) is 0 Å². The Morgan fingerprint density at radius 1 is 0.375 bits per heavy atom. The fourth-order valence-electron chi connectivity index (χ4n) is 7.27. The summed E-state index contributed by atoms with van der Waals surface area (Å²) < 4.78 is 4.60. The maximum absolute atomic E-state index is 9.75. The van der Waals surface area contributed by atoms with E-state index in [4.69, 9.17) is 0 Å². The molecule has 2 heterocycles. The molecule has 9 rings (SSSR count). The third-order valence-corrected chi connectivity index (χ3v) is 9.39. The van der Waals surface area contributed by atoms with Gasteiger partial charge in [-0.25, -0.2) is 0 Å². The zero-order chi connectivity index (χ0) is 32.2. The number of nitrogens with zero attached hydrogens (tertiary/aromatic N) is 4. The molecular weight excluding hydrogens is 585 g/mol. The highest BCUT2D eigenvalue weighted by molar-refractivity contribution is 6.15. The summed E-state index contributed by atoms with van der Waals surface area (Å²) in [6, 6.07) is 59.1. The van der Waals surface area contributed by atoms with Crippen molar-refractivity contribution >= 4 is 43.6 Å². The van der Waals surface area contributed by atoms with E-state index in [1.54, 1.807) is 0 Å². The first-order chi connectivity index (χ1) is 23.7. The zero-order valence-electron chi connectivity index (χ0n) is 25.8. The van der Waals surface area contributed by atoms with Gasteiger partial charge in [-0.1, -0.05) is 84.9 Å². The number of para-hydroxylation sites is 3. The maximum Gasteiger partial charge on any atom is 0.0991 e. The molecule has 0 amide bonds. The summed E-state index contributed by atoms with van der Waals surface area (Å²) in [5.41, 5.74) is 12.3. The van der Waals surface area contributed by atoms with Gasteiger partial charge in [0.25, 0.3) is 0 Å². The Morgan fingerprint density at radius 2 is 0.958 bits per heavy atom. The van der Waals surface area contributed by atoms with E-state index in [9.17, 15) is 10.5 Å². The zero-order valence-corrected chi connectivity index (χ0v) is 25.8. The van der Waals surface area contributed by atoms with E-state index in [2.05, 4.69) is 137 Å². The highest BCUT2D eigenvalue weighted by Crippen LogP contribution is 2.43. The molecule has 4 heteroatoms. The summed E-state index contributed by atoms with van der Waals surface area (Å²) in [5, 5.41) is 23.6. The number of aromatic nitrogens is 2. The third kappa shape index (κ3) is 4.14. The summed E-state index contributed by atoms with van der Waals surface area (Å²) >= 11 is 0. The van der Waals surface area contributed by atoms with Gasteiger partial charge in [0.2, 0.25) is 0 Å². The molecule has 0 aliphatic heterocycles. The fraction of sp³-hybridized carbons (Fsp3) is 0. The third-order valence-electron chi connectivity index (χ3n) is 9.39. The molecule has 48 heavy (non-hydrogen) atoms. The molecule has 9 aromatic rings. The molecular formula is C44H26N4. The van der Waals surface area contributed by atoms with E-state index in [1.165, 1.54) is 10.8 Å². The topological polar surface area (TPSA) is 57.4 Å². The number of nitriles is 2. The number of rotatable bonds is 4. The van der Waals surface area contributed by atoms with Crippen LogP contribution in [-0.4, -0.2) is 9.13 Å². The highest BCUT2D eigenvalue weighted by Gasteiger charge is 2.20. The number of hydrogen-bond donors (Lipinski definition) is 0. The molecule has 0 aliphatic rings. The van der Waals surface area contributed by atoms with Crippen LogP contribution in [0.3, 0.4) is 0 Å². The number of hydrogen-bond acceptors (Lipinski definition) is 2. The van der Waals surface area contributed by atoms with Gasteiger partial charge in [-0.3, -0.25) is 0 Å². The van der Waals surface area contributed by atoms with Crippen LogP contribution in [0.25, 0.3) is 77.2 Å². The molecule has 0 spiro atoms. The largest absolute Gasteiger partial charge is 0.309 e. The van der Waals surface area contributed by atoms with Gasteiger partial charge < -0.3 is 9.13 Å². The predicted molar refractivity (Wildman–Crippen MR) is 195 cm³/mol. The Hall–Kier alpha value is -6.88. The van der Waals surface area contributed by atoms with Crippen molar-refractivity contribution in [2.45, 2.75) is 0 Å². The molecule has 0 bridgehead atoms. The lowest BCUT2D eigenvalue weighted by atomic mass is 9.92. The molecule has 0 aliphatic carbocycles. The van der Waals surface area contributed by atoms with Crippen molar-refractivity contribution in [3.63, 3.8) is 0 Å². The Labute approximate surface area is 277 Å². The van der Waals surface area contributed by atoms with Crippen molar-refractivity contribution in [2.24, 2.45) is 0 Å². The lowest BCUT2D eigenvalue weighted by Gasteiger charge is -2.15. The summed E-state index contributed by atoms with van der Waals surface area (Å²) in [5.74, 6) is 0. The minimum atomic E-state index is 0.644. The predicted octanol–water partition coefficient (Wildman–Crippen LogP) is 11.0. The fourth-order valence-corrected chi connectivity index (χ4v) is 7.27. The molecule has 0 fully saturated rings. The van der Waals surface area contributed by atoms with Crippen molar-refractivity contribution in [1.29, 1.82) is 10.5 Å². The van der Waals surface area contributed by atoms with E-state index in [1.807, 2.05) is 42.5 Å². The van der Waals surface area contributed by atoms with Gasteiger partial charge in [0.05, 0.1) is 45.3 Å². The van der Waals surface area contributed by atoms with Crippen molar-refractivity contribution in [3.05, 3.63) is 169 Å². The van der Waals surface area contributed by atoms with Gasteiger partial charge in [0, 0.05) is 38.5 Å². The second kappa shape index (κ2) is 10.9. The first-order valence-corrected chi connectivity index (χ1v) is 15.9. The van der Waals surface area contributed by atoms with Crippen LogP contribution in [0.15, 0.2) is 158 Å². The van der Waals surface area contributed by atoms with Crippen molar-refractivity contribution in [3.8, 4) is 45.8 Å². The molecule has 4 nitrogen and oxygen atoms in total. The molecule has 2 aromatic heterocycles. The van der Waals surface area contributed by atoms with E-state index in [0.717, 1.165) is 66.5 Å². The molecule has 0 N–H and O–H groups in total. The smallest absolute Gasteiger partial charge is 0.0991 e. The Kier molecular flexibility index (Phi) is 6.22.